The first-order chi connectivity index (χ1) is 11.6. The van der Waals surface area contributed by atoms with Gasteiger partial charge in [-0.05, 0) is 5.56 Å². The zero-order chi connectivity index (χ0) is 16.9. The van der Waals surface area contributed by atoms with Gasteiger partial charge in [0.25, 0.3) is 5.91 Å². The maximum atomic E-state index is 12.0. The van der Waals surface area contributed by atoms with Crippen molar-refractivity contribution >= 4 is 5.91 Å². The van der Waals surface area contributed by atoms with Crippen molar-refractivity contribution < 1.29 is 9.53 Å². The highest BCUT2D eigenvalue weighted by Crippen LogP contribution is 2.07. The Morgan fingerprint density at radius 1 is 1.25 bits per heavy atom. The molecule has 0 aliphatic carbocycles. The Hall–Kier alpha value is -3.62. The monoisotopic (exact) mass is 327 g/mol. The Kier molecular flexibility index (Phi) is 4.23. The summed E-state index contributed by atoms with van der Waals surface area (Å²) in [5, 5.41) is 5.60. The quantitative estimate of drug-likeness (QED) is 0.619. The molecule has 0 saturated carbocycles. The summed E-state index contributed by atoms with van der Waals surface area (Å²) in [5.41, 5.74) is 2.12. The van der Waals surface area contributed by atoms with E-state index in [9.17, 15) is 14.4 Å². The number of amides is 1. The average molecular weight is 327 g/mol. The SMILES string of the molecule is O=C(Nn1cn[nH]c1=O)c1cc(=O)c(OCc2ccccc2)c[nH]1. The van der Waals surface area contributed by atoms with Crippen LogP contribution < -0.4 is 21.3 Å². The van der Waals surface area contributed by atoms with Crippen LogP contribution in [0.2, 0.25) is 0 Å². The second-order valence-electron chi connectivity index (χ2n) is 4.82. The zero-order valence-corrected chi connectivity index (χ0v) is 12.4. The molecule has 3 rings (SSSR count). The lowest BCUT2D eigenvalue weighted by Crippen LogP contribution is -2.31. The minimum atomic E-state index is -0.662. The topological polar surface area (TPSA) is 122 Å². The number of hydrogen-bond acceptors (Lipinski definition) is 5. The molecule has 1 aromatic carbocycles. The molecule has 0 unspecified atom stereocenters. The van der Waals surface area contributed by atoms with Crippen LogP contribution in [-0.2, 0) is 6.61 Å². The summed E-state index contributed by atoms with van der Waals surface area (Å²) < 4.78 is 6.30. The van der Waals surface area contributed by atoms with Crippen LogP contribution in [0.1, 0.15) is 16.1 Å². The summed E-state index contributed by atoms with van der Waals surface area (Å²) in [6, 6.07) is 10.5. The predicted octanol–water partition coefficient (Wildman–Crippen LogP) is 0.223. The average Bonchev–Trinajstić information content (AvgIpc) is 2.99. The first-order valence-electron chi connectivity index (χ1n) is 6.96. The molecule has 0 radical (unpaired) electrons. The Bertz CT molecular complexity index is 957. The van der Waals surface area contributed by atoms with Gasteiger partial charge in [-0.3, -0.25) is 15.0 Å². The molecule has 0 aliphatic rings. The van der Waals surface area contributed by atoms with Gasteiger partial charge in [0.1, 0.15) is 18.6 Å². The van der Waals surface area contributed by atoms with Crippen LogP contribution in [0.15, 0.2) is 58.5 Å². The fourth-order valence-corrected chi connectivity index (χ4v) is 1.93. The van der Waals surface area contributed by atoms with Crippen molar-refractivity contribution in [3.05, 3.63) is 80.9 Å². The molecular formula is C15H13N5O4. The van der Waals surface area contributed by atoms with Crippen LogP contribution in [0.5, 0.6) is 5.75 Å². The fourth-order valence-electron chi connectivity index (χ4n) is 1.93. The first kappa shape index (κ1) is 15.3. The lowest BCUT2D eigenvalue weighted by atomic mass is 10.2. The van der Waals surface area contributed by atoms with E-state index in [4.69, 9.17) is 4.74 Å². The van der Waals surface area contributed by atoms with Crippen molar-refractivity contribution in [3.8, 4) is 5.75 Å². The van der Waals surface area contributed by atoms with Crippen LogP contribution in [0.4, 0.5) is 0 Å². The highest BCUT2D eigenvalue weighted by molar-refractivity contribution is 5.98. The van der Waals surface area contributed by atoms with Gasteiger partial charge in [-0.25, -0.2) is 9.89 Å². The number of aromatic nitrogens is 4. The number of nitrogens with zero attached hydrogens (tertiary/aromatic N) is 2. The van der Waals surface area contributed by atoms with Gasteiger partial charge in [0, 0.05) is 12.3 Å². The predicted molar refractivity (Wildman–Crippen MR) is 84.4 cm³/mol. The first-order valence-corrected chi connectivity index (χ1v) is 6.96. The van der Waals surface area contributed by atoms with E-state index in [2.05, 4.69) is 20.6 Å². The summed E-state index contributed by atoms with van der Waals surface area (Å²) in [6.07, 6.45) is 2.41. The Labute approximate surface area is 134 Å². The maximum Gasteiger partial charge on any atom is 0.362 e. The van der Waals surface area contributed by atoms with Gasteiger partial charge >= 0.3 is 5.69 Å². The number of rotatable bonds is 5. The van der Waals surface area contributed by atoms with E-state index in [0.29, 0.717) is 0 Å². The number of nitrogens with one attached hydrogen (secondary N) is 3. The van der Waals surface area contributed by atoms with Crippen molar-refractivity contribution in [3.63, 3.8) is 0 Å². The van der Waals surface area contributed by atoms with E-state index in [0.717, 1.165) is 22.6 Å². The zero-order valence-electron chi connectivity index (χ0n) is 12.4. The van der Waals surface area contributed by atoms with Crippen LogP contribution in [0, 0.1) is 0 Å². The fraction of sp³-hybridized carbons (Fsp3) is 0.0667. The molecule has 2 aromatic heterocycles. The molecule has 3 aromatic rings. The van der Waals surface area contributed by atoms with E-state index in [1.165, 1.54) is 6.20 Å². The van der Waals surface area contributed by atoms with Crippen molar-refractivity contribution in [1.82, 2.24) is 19.9 Å². The van der Waals surface area contributed by atoms with Crippen LogP contribution in [-0.4, -0.2) is 25.8 Å². The molecule has 24 heavy (non-hydrogen) atoms. The van der Waals surface area contributed by atoms with Crippen LogP contribution in [0.3, 0.4) is 0 Å². The Morgan fingerprint density at radius 3 is 2.71 bits per heavy atom. The van der Waals surface area contributed by atoms with Crippen molar-refractivity contribution in [2.24, 2.45) is 0 Å². The molecule has 0 bridgehead atoms. The van der Waals surface area contributed by atoms with Crippen LogP contribution in [0.25, 0.3) is 0 Å². The van der Waals surface area contributed by atoms with Crippen molar-refractivity contribution in [2.75, 3.05) is 5.43 Å². The second kappa shape index (κ2) is 6.65. The number of ether oxygens (including phenoxy) is 1. The number of hydrogen-bond donors (Lipinski definition) is 3. The third-order valence-corrected chi connectivity index (χ3v) is 3.13. The Morgan fingerprint density at radius 2 is 2.04 bits per heavy atom. The molecule has 9 heteroatoms. The molecule has 9 nitrogen and oxygen atoms in total. The minimum absolute atomic E-state index is 0.0137. The van der Waals surface area contributed by atoms with Gasteiger partial charge in [-0.15, -0.1) is 0 Å². The number of benzene rings is 1. The largest absolute Gasteiger partial charge is 0.483 e. The molecule has 2 heterocycles. The number of aromatic amines is 2. The van der Waals surface area contributed by atoms with Crippen molar-refractivity contribution in [1.29, 1.82) is 0 Å². The second-order valence-corrected chi connectivity index (χ2v) is 4.82. The molecule has 0 atom stereocenters. The smallest absolute Gasteiger partial charge is 0.362 e. The van der Waals surface area contributed by atoms with Crippen molar-refractivity contribution in [2.45, 2.75) is 6.61 Å². The van der Waals surface area contributed by atoms with Gasteiger partial charge in [-0.2, -0.15) is 9.77 Å². The van der Waals surface area contributed by atoms with E-state index in [1.807, 2.05) is 30.3 Å². The molecule has 0 fully saturated rings. The molecule has 0 spiro atoms. The third kappa shape index (κ3) is 3.40. The van der Waals surface area contributed by atoms with Crippen LogP contribution >= 0.6 is 0 Å². The summed E-state index contributed by atoms with van der Waals surface area (Å²) in [4.78, 5) is 37.9. The summed E-state index contributed by atoms with van der Waals surface area (Å²) in [7, 11) is 0. The number of H-pyrrole nitrogens is 2. The standard InChI is InChI=1S/C15H13N5O4/c21-12-6-11(14(22)19-20-9-17-18-15(20)23)16-7-13(12)24-8-10-4-2-1-3-5-10/h1-7,9H,8H2,(H,16,21)(H,18,23)(H,19,22). The summed E-state index contributed by atoms with van der Waals surface area (Å²) in [5.74, 6) is -0.568. The number of carbonyl (C=O) groups is 1. The minimum Gasteiger partial charge on any atom is -0.483 e. The molecule has 1 amide bonds. The molecule has 0 saturated heterocycles. The highest BCUT2D eigenvalue weighted by Gasteiger charge is 2.11. The van der Waals surface area contributed by atoms with Gasteiger partial charge in [0.15, 0.2) is 5.75 Å². The van der Waals surface area contributed by atoms with E-state index in [1.54, 1.807) is 0 Å². The van der Waals surface area contributed by atoms with Gasteiger partial charge < -0.3 is 9.72 Å². The lowest BCUT2D eigenvalue weighted by molar-refractivity contribution is 0.100. The highest BCUT2D eigenvalue weighted by atomic mass is 16.5. The maximum absolute atomic E-state index is 12.0. The summed E-state index contributed by atoms with van der Waals surface area (Å²) >= 11 is 0. The van der Waals surface area contributed by atoms with Gasteiger partial charge in [0.2, 0.25) is 5.43 Å². The summed E-state index contributed by atoms with van der Waals surface area (Å²) in [6.45, 7) is 0.236. The lowest BCUT2D eigenvalue weighted by Gasteiger charge is -2.07. The normalized spacial score (nSPS) is 10.3. The van der Waals surface area contributed by atoms with E-state index < -0.39 is 17.0 Å². The third-order valence-electron chi connectivity index (χ3n) is 3.13. The van der Waals surface area contributed by atoms with E-state index in [-0.39, 0.29) is 18.1 Å². The molecule has 0 aliphatic heterocycles. The van der Waals surface area contributed by atoms with E-state index >= 15 is 0 Å². The number of carbonyl (C=O) groups excluding carboxylic acids is 1. The van der Waals surface area contributed by atoms with Gasteiger partial charge in [-0.1, -0.05) is 30.3 Å². The van der Waals surface area contributed by atoms with Gasteiger partial charge in [0.05, 0.1) is 0 Å². The Balaban J connectivity index is 1.70. The molecule has 3 N–H and O–H groups in total. The molecule has 122 valence electrons. The molecular weight excluding hydrogens is 314 g/mol. The number of pyridine rings is 1.